The van der Waals surface area contributed by atoms with E-state index in [1.54, 1.807) is 18.0 Å². The Hall–Kier alpha value is -1.02. The Morgan fingerprint density at radius 3 is 2.61 bits per heavy atom. The van der Waals surface area contributed by atoms with Crippen molar-refractivity contribution in [3.8, 4) is 0 Å². The Balaban J connectivity index is 0.00000162. The molecule has 1 heterocycles. The fourth-order valence-corrected chi connectivity index (χ4v) is 1.72. The van der Waals surface area contributed by atoms with Crippen LogP contribution >= 0.6 is 35.7 Å². The van der Waals surface area contributed by atoms with Crippen LogP contribution in [-0.4, -0.2) is 21.4 Å². The SMILES string of the molecule is CSC(=Nc1ncc(C)[nH]1)Nc1ccccc1.I. The quantitative estimate of drug-likeness (QED) is 0.478. The molecule has 0 aliphatic heterocycles. The van der Waals surface area contributed by atoms with Crippen LogP contribution in [0.15, 0.2) is 41.5 Å². The Labute approximate surface area is 128 Å². The highest BCUT2D eigenvalue weighted by Gasteiger charge is 2.00. The average molecular weight is 374 g/mol. The predicted octanol–water partition coefficient (Wildman–Crippen LogP) is 3.80. The summed E-state index contributed by atoms with van der Waals surface area (Å²) in [6.45, 7) is 1.95. The van der Waals surface area contributed by atoms with Crippen LogP contribution in [0, 0.1) is 6.92 Å². The summed E-state index contributed by atoms with van der Waals surface area (Å²) in [5.74, 6) is 0.621. The molecule has 0 aliphatic carbocycles. The number of thioether (sulfide) groups is 1. The number of hydrogen-bond acceptors (Lipinski definition) is 3. The molecule has 0 unspecified atom stereocenters. The van der Waals surface area contributed by atoms with E-state index >= 15 is 0 Å². The summed E-state index contributed by atoms with van der Waals surface area (Å²) < 4.78 is 0. The van der Waals surface area contributed by atoms with Gasteiger partial charge in [0.25, 0.3) is 0 Å². The molecule has 0 saturated carbocycles. The second-order valence-corrected chi connectivity index (χ2v) is 4.30. The molecular formula is C12H15IN4S. The highest BCUT2D eigenvalue weighted by Crippen LogP contribution is 2.13. The Morgan fingerprint density at radius 1 is 1.33 bits per heavy atom. The molecule has 6 heteroatoms. The molecule has 0 fully saturated rings. The molecule has 0 radical (unpaired) electrons. The number of para-hydroxylation sites is 1. The minimum absolute atomic E-state index is 0. The molecule has 96 valence electrons. The van der Waals surface area contributed by atoms with Crippen molar-refractivity contribution in [1.29, 1.82) is 0 Å². The van der Waals surface area contributed by atoms with E-state index in [0.717, 1.165) is 16.5 Å². The van der Waals surface area contributed by atoms with Crippen molar-refractivity contribution >= 4 is 52.5 Å². The number of rotatable bonds is 2. The highest BCUT2D eigenvalue weighted by molar-refractivity contribution is 14.0. The predicted molar refractivity (Wildman–Crippen MR) is 89.4 cm³/mol. The molecule has 0 saturated heterocycles. The zero-order chi connectivity index (χ0) is 12.1. The van der Waals surface area contributed by atoms with E-state index in [1.807, 2.05) is 43.5 Å². The van der Waals surface area contributed by atoms with Crippen LogP contribution in [-0.2, 0) is 0 Å². The van der Waals surface area contributed by atoms with Gasteiger partial charge in [-0.15, -0.1) is 24.0 Å². The number of benzene rings is 1. The van der Waals surface area contributed by atoms with Gasteiger partial charge < -0.3 is 10.3 Å². The second kappa shape index (κ2) is 7.42. The van der Waals surface area contributed by atoms with Crippen LogP contribution < -0.4 is 5.32 Å². The fraction of sp³-hybridized carbons (Fsp3) is 0.167. The minimum Gasteiger partial charge on any atom is -0.335 e. The summed E-state index contributed by atoms with van der Waals surface area (Å²) in [5, 5.41) is 4.05. The number of nitrogens with zero attached hydrogens (tertiary/aromatic N) is 2. The largest absolute Gasteiger partial charge is 0.335 e. The summed E-state index contributed by atoms with van der Waals surface area (Å²) in [5.41, 5.74) is 2.02. The molecule has 0 bridgehead atoms. The first-order valence-corrected chi connectivity index (χ1v) is 6.47. The fourth-order valence-electron chi connectivity index (χ4n) is 1.32. The number of H-pyrrole nitrogens is 1. The van der Waals surface area contributed by atoms with Crippen LogP contribution in [0.4, 0.5) is 11.6 Å². The Kier molecular flexibility index (Phi) is 6.20. The van der Waals surface area contributed by atoms with Gasteiger partial charge >= 0.3 is 0 Å². The lowest BCUT2D eigenvalue weighted by atomic mass is 10.3. The molecule has 0 aliphatic rings. The van der Waals surface area contributed by atoms with Crippen LogP contribution in [0.3, 0.4) is 0 Å². The van der Waals surface area contributed by atoms with Crippen molar-refractivity contribution in [1.82, 2.24) is 9.97 Å². The van der Waals surface area contributed by atoms with Gasteiger partial charge in [0.2, 0.25) is 5.95 Å². The highest BCUT2D eigenvalue weighted by atomic mass is 127. The van der Waals surface area contributed by atoms with Crippen molar-refractivity contribution in [2.75, 3.05) is 11.6 Å². The van der Waals surface area contributed by atoms with Crippen molar-refractivity contribution in [2.45, 2.75) is 6.92 Å². The zero-order valence-corrected chi connectivity index (χ0v) is 13.3. The maximum atomic E-state index is 4.40. The molecule has 18 heavy (non-hydrogen) atoms. The van der Waals surface area contributed by atoms with Crippen LogP contribution in [0.1, 0.15) is 5.69 Å². The maximum Gasteiger partial charge on any atom is 0.229 e. The van der Waals surface area contributed by atoms with Crippen molar-refractivity contribution < 1.29 is 0 Å². The topological polar surface area (TPSA) is 53.1 Å². The third-order valence-electron chi connectivity index (χ3n) is 2.12. The van der Waals surface area contributed by atoms with Crippen molar-refractivity contribution in [3.05, 3.63) is 42.2 Å². The molecule has 0 atom stereocenters. The number of amidine groups is 1. The van der Waals surface area contributed by atoms with E-state index in [9.17, 15) is 0 Å². The number of hydrogen-bond donors (Lipinski definition) is 2. The Bertz CT molecular complexity index is 510. The zero-order valence-electron chi connectivity index (χ0n) is 10.2. The Morgan fingerprint density at radius 2 is 2.06 bits per heavy atom. The van der Waals surface area contributed by atoms with Crippen molar-refractivity contribution in [2.24, 2.45) is 4.99 Å². The first-order valence-electron chi connectivity index (χ1n) is 5.24. The smallest absolute Gasteiger partial charge is 0.229 e. The number of nitrogens with one attached hydrogen (secondary N) is 2. The van der Waals surface area contributed by atoms with E-state index in [-0.39, 0.29) is 24.0 Å². The normalized spacial score (nSPS) is 10.9. The van der Waals surface area contributed by atoms with E-state index in [4.69, 9.17) is 0 Å². The molecule has 0 spiro atoms. The van der Waals surface area contributed by atoms with Crippen LogP contribution in [0.5, 0.6) is 0 Å². The third-order valence-corrected chi connectivity index (χ3v) is 2.70. The van der Waals surface area contributed by atoms with Gasteiger partial charge in [-0.25, -0.2) is 4.98 Å². The number of imidazole rings is 1. The van der Waals surface area contributed by atoms with E-state index in [1.165, 1.54) is 0 Å². The summed E-state index contributed by atoms with van der Waals surface area (Å²) >= 11 is 1.55. The lowest BCUT2D eigenvalue weighted by Crippen LogP contribution is -2.06. The van der Waals surface area contributed by atoms with Gasteiger partial charge in [0.1, 0.15) is 0 Å². The molecule has 2 N–H and O–H groups in total. The van der Waals surface area contributed by atoms with Crippen LogP contribution in [0.25, 0.3) is 0 Å². The first-order chi connectivity index (χ1) is 8.28. The van der Waals surface area contributed by atoms with Gasteiger partial charge in [-0.1, -0.05) is 30.0 Å². The van der Waals surface area contributed by atoms with Gasteiger partial charge in [0.15, 0.2) is 5.17 Å². The monoisotopic (exact) mass is 374 g/mol. The standard InChI is InChI=1S/C12H14N4S.HI/c1-9-8-13-11(14-9)16-12(17-2)15-10-6-4-3-5-7-10;/h3-8H,1-2H3,(H2,13,14,15,16);1H. The number of halogens is 1. The molecule has 0 amide bonds. The molecule has 2 aromatic rings. The number of aromatic amines is 1. The van der Waals surface area contributed by atoms with Crippen molar-refractivity contribution in [3.63, 3.8) is 0 Å². The molecule has 1 aromatic carbocycles. The maximum absolute atomic E-state index is 4.40. The molecule has 1 aromatic heterocycles. The summed E-state index contributed by atoms with van der Waals surface area (Å²) in [6.07, 6.45) is 3.74. The lowest BCUT2D eigenvalue weighted by molar-refractivity contribution is 1.21. The second-order valence-electron chi connectivity index (χ2n) is 3.50. The number of aromatic nitrogens is 2. The van der Waals surface area contributed by atoms with Gasteiger partial charge in [0, 0.05) is 17.6 Å². The third kappa shape index (κ3) is 4.34. The van der Waals surface area contributed by atoms with E-state index in [0.29, 0.717) is 5.95 Å². The molecular weight excluding hydrogens is 359 g/mol. The average Bonchev–Trinajstić information content (AvgIpc) is 2.75. The summed E-state index contributed by atoms with van der Waals surface area (Å²) in [6, 6.07) is 9.95. The van der Waals surface area contributed by atoms with Gasteiger partial charge in [-0.3, -0.25) is 0 Å². The van der Waals surface area contributed by atoms with Gasteiger partial charge in [-0.05, 0) is 25.3 Å². The molecule has 2 rings (SSSR count). The van der Waals surface area contributed by atoms with E-state index < -0.39 is 0 Å². The van der Waals surface area contributed by atoms with Crippen LogP contribution in [0.2, 0.25) is 0 Å². The molecule has 4 nitrogen and oxygen atoms in total. The first kappa shape index (κ1) is 15.0. The summed E-state index contributed by atoms with van der Waals surface area (Å²) in [4.78, 5) is 11.6. The van der Waals surface area contributed by atoms with Gasteiger partial charge in [-0.2, -0.15) is 4.99 Å². The number of anilines is 1. The van der Waals surface area contributed by atoms with E-state index in [2.05, 4.69) is 20.3 Å². The van der Waals surface area contributed by atoms with Gasteiger partial charge in [0.05, 0.1) is 0 Å². The lowest BCUT2D eigenvalue weighted by Gasteiger charge is -2.05. The number of aryl methyl sites for hydroxylation is 1. The minimum atomic E-state index is 0. The summed E-state index contributed by atoms with van der Waals surface area (Å²) in [7, 11) is 0. The number of aliphatic imine (C=N–C) groups is 1.